The van der Waals surface area contributed by atoms with Crippen molar-refractivity contribution in [3.8, 4) is 0 Å². The van der Waals surface area contributed by atoms with E-state index in [-0.39, 0.29) is 0 Å². The van der Waals surface area contributed by atoms with E-state index in [1.54, 1.807) is 0 Å². The summed E-state index contributed by atoms with van der Waals surface area (Å²) < 4.78 is 2.06. The maximum absolute atomic E-state index is 3.76. The highest BCUT2D eigenvalue weighted by atomic mass is 15.0. The van der Waals surface area contributed by atoms with Crippen LogP contribution in [0.3, 0.4) is 0 Å². The van der Waals surface area contributed by atoms with E-state index in [2.05, 4.69) is 23.1 Å². The average molecular weight is 193 g/mol. The number of aromatic amines is 1. The molecular formula is C12H21N2+. The third-order valence-electron chi connectivity index (χ3n) is 2.51. The maximum Gasteiger partial charge on any atom is 0.258 e. The lowest BCUT2D eigenvalue weighted by Gasteiger charge is -1.97. The van der Waals surface area contributed by atoms with Crippen LogP contribution >= 0.6 is 0 Å². The number of H-pyrrole nitrogens is 1. The van der Waals surface area contributed by atoms with Crippen molar-refractivity contribution >= 4 is 6.20 Å². The van der Waals surface area contributed by atoms with Crippen molar-refractivity contribution in [1.29, 1.82) is 0 Å². The molecule has 1 aromatic heterocycles. The summed E-state index contributed by atoms with van der Waals surface area (Å²) in [7, 11) is 0. The van der Waals surface area contributed by atoms with Crippen molar-refractivity contribution < 1.29 is 4.57 Å². The quantitative estimate of drug-likeness (QED) is 0.507. The van der Waals surface area contributed by atoms with E-state index in [0.29, 0.717) is 0 Å². The summed E-state index contributed by atoms with van der Waals surface area (Å²) in [4.78, 5) is 3.24. The third-order valence-corrected chi connectivity index (χ3v) is 2.51. The number of nitrogens with zero attached hydrogens (tertiary/aromatic N) is 1. The van der Waals surface area contributed by atoms with Crippen LogP contribution in [0.2, 0.25) is 0 Å². The Hall–Kier alpha value is -1.05. The Balaban J connectivity index is 2.21. The Kier molecular flexibility index (Phi) is 5.05. The normalized spacial score (nSPS) is 10.4. The monoisotopic (exact) mass is 193 g/mol. The second kappa shape index (κ2) is 6.41. The van der Waals surface area contributed by atoms with Gasteiger partial charge in [-0.05, 0) is 6.42 Å². The van der Waals surface area contributed by atoms with Crippen LogP contribution in [0, 0.1) is 0 Å². The molecule has 78 valence electrons. The van der Waals surface area contributed by atoms with Gasteiger partial charge in [-0.15, -0.1) is 0 Å². The fourth-order valence-corrected chi connectivity index (χ4v) is 1.65. The molecule has 2 nitrogen and oxygen atoms in total. The van der Waals surface area contributed by atoms with Gasteiger partial charge in [-0.25, -0.2) is 9.55 Å². The maximum atomic E-state index is 3.76. The minimum Gasteiger partial charge on any atom is -0.247 e. The Morgan fingerprint density at radius 3 is 2.86 bits per heavy atom. The minimum atomic E-state index is 1.13. The van der Waals surface area contributed by atoms with E-state index in [1.807, 2.05) is 18.6 Å². The van der Waals surface area contributed by atoms with E-state index in [4.69, 9.17) is 0 Å². The first-order chi connectivity index (χ1) is 6.88. The van der Waals surface area contributed by atoms with Gasteiger partial charge < -0.3 is 0 Å². The fourth-order valence-electron chi connectivity index (χ4n) is 1.65. The number of nitrogens with one attached hydrogen (secondary N) is 1. The molecule has 0 bridgehead atoms. The van der Waals surface area contributed by atoms with Crippen LogP contribution in [-0.4, -0.2) is 4.98 Å². The fraction of sp³-hybridized carbons (Fsp3) is 0.583. The third kappa shape index (κ3) is 3.36. The summed E-state index contributed by atoms with van der Waals surface area (Å²) in [6, 6.07) is 0. The Labute approximate surface area is 86.7 Å². The number of hydrogen-bond donors (Lipinski definition) is 1. The molecule has 0 saturated heterocycles. The van der Waals surface area contributed by atoms with Crippen LogP contribution in [0.4, 0.5) is 0 Å². The van der Waals surface area contributed by atoms with Crippen molar-refractivity contribution in [3.63, 3.8) is 0 Å². The van der Waals surface area contributed by atoms with Crippen molar-refractivity contribution in [2.45, 2.75) is 45.4 Å². The Morgan fingerprint density at radius 2 is 2.14 bits per heavy atom. The first-order valence-corrected chi connectivity index (χ1v) is 5.58. The number of rotatable bonds is 7. The molecular weight excluding hydrogens is 172 g/mol. The van der Waals surface area contributed by atoms with Gasteiger partial charge in [0.05, 0.1) is 6.20 Å². The van der Waals surface area contributed by atoms with E-state index in [0.717, 1.165) is 6.42 Å². The predicted octanol–water partition coefficient (Wildman–Crippen LogP) is 2.92. The second-order valence-electron chi connectivity index (χ2n) is 3.66. The van der Waals surface area contributed by atoms with Crippen molar-refractivity contribution in [2.24, 2.45) is 0 Å². The largest absolute Gasteiger partial charge is 0.258 e. The molecule has 0 spiro atoms. The van der Waals surface area contributed by atoms with Gasteiger partial charge in [0.25, 0.3) is 5.82 Å². The van der Waals surface area contributed by atoms with Crippen LogP contribution in [0.1, 0.15) is 44.9 Å². The number of imidazole rings is 1. The predicted molar refractivity (Wildman–Crippen MR) is 59.8 cm³/mol. The molecule has 0 radical (unpaired) electrons. The summed E-state index contributed by atoms with van der Waals surface area (Å²) in [5.41, 5.74) is 0. The highest BCUT2D eigenvalue weighted by Gasteiger charge is 2.06. The zero-order valence-electron chi connectivity index (χ0n) is 9.13. The van der Waals surface area contributed by atoms with E-state index in [9.17, 15) is 0 Å². The van der Waals surface area contributed by atoms with Crippen LogP contribution < -0.4 is 4.57 Å². The lowest BCUT2D eigenvalue weighted by atomic mass is 10.1. The zero-order valence-corrected chi connectivity index (χ0v) is 9.13. The Bertz CT molecular complexity index is 263. The van der Waals surface area contributed by atoms with Gasteiger partial charge in [-0.3, -0.25) is 0 Å². The first kappa shape index (κ1) is 11.0. The molecule has 1 heterocycles. The second-order valence-corrected chi connectivity index (χ2v) is 3.66. The molecule has 1 N–H and O–H groups in total. The van der Waals surface area contributed by atoms with Gasteiger partial charge in [-0.2, -0.15) is 0 Å². The molecule has 1 aromatic rings. The van der Waals surface area contributed by atoms with Crippen molar-refractivity contribution in [2.75, 3.05) is 0 Å². The zero-order chi connectivity index (χ0) is 10.2. The molecule has 0 fully saturated rings. The smallest absolute Gasteiger partial charge is 0.247 e. The Morgan fingerprint density at radius 1 is 1.36 bits per heavy atom. The molecule has 0 unspecified atom stereocenters. The molecule has 0 saturated carbocycles. The van der Waals surface area contributed by atoms with Gasteiger partial charge >= 0.3 is 0 Å². The van der Waals surface area contributed by atoms with Crippen LogP contribution in [-0.2, 0) is 6.42 Å². The molecule has 0 atom stereocenters. The average Bonchev–Trinajstić information content (AvgIpc) is 2.65. The van der Waals surface area contributed by atoms with Crippen LogP contribution in [0.5, 0.6) is 0 Å². The molecule has 0 amide bonds. The van der Waals surface area contributed by atoms with Crippen LogP contribution in [0.15, 0.2) is 19.0 Å². The number of unbranched alkanes of at least 4 members (excludes halogenated alkanes) is 4. The van der Waals surface area contributed by atoms with Gasteiger partial charge in [0.15, 0.2) is 0 Å². The first-order valence-electron chi connectivity index (χ1n) is 5.58. The molecule has 2 heteroatoms. The highest BCUT2D eigenvalue weighted by molar-refractivity contribution is 4.98. The number of aryl methyl sites for hydroxylation is 1. The van der Waals surface area contributed by atoms with Gasteiger partial charge in [0.2, 0.25) is 0 Å². The molecule has 0 aliphatic rings. The SMILES string of the molecule is C=C[n+]1cc[nH]c1CCCCCCC. The summed E-state index contributed by atoms with van der Waals surface area (Å²) in [5, 5.41) is 0. The summed E-state index contributed by atoms with van der Waals surface area (Å²) >= 11 is 0. The van der Waals surface area contributed by atoms with Crippen molar-refractivity contribution in [1.82, 2.24) is 4.98 Å². The van der Waals surface area contributed by atoms with Crippen molar-refractivity contribution in [3.05, 3.63) is 24.8 Å². The minimum absolute atomic E-state index is 1.13. The van der Waals surface area contributed by atoms with Gasteiger partial charge in [0.1, 0.15) is 12.4 Å². The van der Waals surface area contributed by atoms with E-state index < -0.39 is 0 Å². The molecule has 0 aliphatic heterocycles. The lowest BCUT2D eigenvalue weighted by Crippen LogP contribution is -2.27. The summed E-state index contributed by atoms with van der Waals surface area (Å²) in [5.74, 6) is 1.26. The highest BCUT2D eigenvalue weighted by Crippen LogP contribution is 2.05. The van der Waals surface area contributed by atoms with Gasteiger partial charge in [0, 0.05) is 6.42 Å². The molecule has 1 rings (SSSR count). The molecule has 14 heavy (non-hydrogen) atoms. The number of hydrogen-bond acceptors (Lipinski definition) is 0. The summed E-state index contributed by atoms with van der Waals surface area (Å²) in [6.07, 6.45) is 13.6. The number of aromatic nitrogens is 2. The standard InChI is InChI=1S/C12H20N2/c1-3-5-6-7-8-9-12-13-10-11-14(12)4-2/h4,10-11H,2-3,5-9H2,1H3/p+1. The lowest BCUT2D eigenvalue weighted by molar-refractivity contribution is -0.575. The van der Waals surface area contributed by atoms with Gasteiger partial charge in [-0.1, -0.05) is 39.2 Å². The van der Waals surface area contributed by atoms with E-state index >= 15 is 0 Å². The summed E-state index contributed by atoms with van der Waals surface area (Å²) in [6.45, 7) is 6.01. The topological polar surface area (TPSA) is 19.7 Å². The molecule has 0 aromatic carbocycles. The van der Waals surface area contributed by atoms with Crippen LogP contribution in [0.25, 0.3) is 6.20 Å². The molecule has 0 aliphatic carbocycles. The van der Waals surface area contributed by atoms with E-state index in [1.165, 1.54) is 37.9 Å².